The Morgan fingerprint density at radius 3 is 2.60 bits per heavy atom. The monoisotopic (exact) mass is 265 g/mol. The van der Waals surface area contributed by atoms with Crippen LogP contribution in [0.25, 0.3) is 0 Å². The summed E-state index contributed by atoms with van der Waals surface area (Å²) < 4.78 is 10.6. The van der Waals surface area contributed by atoms with Gasteiger partial charge in [-0.2, -0.15) is 0 Å². The van der Waals surface area contributed by atoms with Gasteiger partial charge in [-0.25, -0.2) is 0 Å². The summed E-state index contributed by atoms with van der Waals surface area (Å²) in [4.78, 5) is 4.43. The van der Waals surface area contributed by atoms with Crippen molar-refractivity contribution < 1.29 is 9.47 Å². The Hall–Kier alpha value is -2.73. The molecule has 3 nitrogen and oxygen atoms in total. The molecule has 20 heavy (non-hydrogen) atoms. The van der Waals surface area contributed by atoms with E-state index in [0.29, 0.717) is 5.75 Å². The molecule has 0 aromatic heterocycles. The number of nitrogens with zero attached hydrogens (tertiary/aromatic N) is 1. The molecule has 2 aromatic carbocycles. The molecule has 2 rings (SSSR count). The van der Waals surface area contributed by atoms with Gasteiger partial charge < -0.3 is 9.47 Å². The van der Waals surface area contributed by atoms with Crippen LogP contribution < -0.4 is 9.47 Å². The van der Waals surface area contributed by atoms with Crippen LogP contribution in [-0.2, 0) is 0 Å². The molecule has 0 unspecified atom stereocenters. The summed E-state index contributed by atoms with van der Waals surface area (Å²) >= 11 is 0. The Balaban J connectivity index is 2.16. The third-order valence-electron chi connectivity index (χ3n) is 2.64. The van der Waals surface area contributed by atoms with Gasteiger partial charge in [-0.15, -0.1) is 6.42 Å². The number of methoxy groups -OCH3 is 1. The topological polar surface area (TPSA) is 30.8 Å². The molecule has 0 aliphatic heterocycles. The van der Waals surface area contributed by atoms with Gasteiger partial charge in [0, 0.05) is 6.21 Å². The van der Waals surface area contributed by atoms with E-state index in [-0.39, 0.29) is 6.61 Å². The second-order valence-electron chi connectivity index (χ2n) is 3.99. The quantitative estimate of drug-likeness (QED) is 0.612. The summed E-state index contributed by atoms with van der Waals surface area (Å²) in [6, 6.07) is 15.2. The number of aliphatic imine (C=N–C) groups is 1. The highest BCUT2D eigenvalue weighted by molar-refractivity contribution is 5.82. The average molecular weight is 265 g/mol. The first-order chi connectivity index (χ1) is 9.83. The van der Waals surface area contributed by atoms with Crippen LogP contribution >= 0.6 is 0 Å². The first-order valence-electron chi connectivity index (χ1n) is 6.17. The minimum Gasteiger partial charge on any atom is -0.497 e. The smallest absolute Gasteiger partial charge is 0.148 e. The molecular weight excluding hydrogens is 250 g/mol. The molecule has 0 aliphatic carbocycles. The molecule has 0 saturated carbocycles. The normalized spacial score (nSPS) is 10.2. The first kappa shape index (κ1) is 13.7. The van der Waals surface area contributed by atoms with Gasteiger partial charge in [-0.3, -0.25) is 4.99 Å². The van der Waals surface area contributed by atoms with Gasteiger partial charge in [0.25, 0.3) is 0 Å². The third-order valence-corrected chi connectivity index (χ3v) is 2.64. The zero-order chi connectivity index (χ0) is 14.2. The lowest BCUT2D eigenvalue weighted by Gasteiger charge is -2.05. The van der Waals surface area contributed by atoms with Crippen molar-refractivity contribution in [1.82, 2.24) is 0 Å². The minimum absolute atomic E-state index is 0.231. The Bertz CT molecular complexity index is 624. The fraction of sp³-hybridized carbons (Fsp3) is 0.118. The first-order valence-corrected chi connectivity index (χ1v) is 6.17. The third kappa shape index (κ3) is 3.63. The predicted molar refractivity (Wildman–Crippen MR) is 81.0 cm³/mol. The second kappa shape index (κ2) is 7.01. The van der Waals surface area contributed by atoms with Crippen LogP contribution in [0.15, 0.2) is 53.5 Å². The molecule has 0 heterocycles. The minimum atomic E-state index is 0.231. The van der Waals surface area contributed by atoms with E-state index >= 15 is 0 Å². The Morgan fingerprint density at radius 1 is 1.15 bits per heavy atom. The summed E-state index contributed by atoms with van der Waals surface area (Å²) in [7, 11) is 1.64. The maximum Gasteiger partial charge on any atom is 0.148 e. The number of rotatable bonds is 5. The average Bonchev–Trinajstić information content (AvgIpc) is 2.52. The highest BCUT2D eigenvalue weighted by atomic mass is 16.5. The maximum absolute atomic E-state index is 5.44. The van der Waals surface area contributed by atoms with Crippen molar-refractivity contribution in [2.45, 2.75) is 0 Å². The SMILES string of the molecule is C#CCOc1ccccc1N=Cc1ccc(OC)cc1. The molecule has 0 radical (unpaired) electrons. The molecule has 0 amide bonds. The van der Waals surface area contributed by atoms with Crippen molar-refractivity contribution in [2.75, 3.05) is 13.7 Å². The number of benzene rings is 2. The number of para-hydroxylation sites is 2. The molecule has 0 fully saturated rings. The standard InChI is InChI=1S/C17H15NO2/c1-3-12-20-17-7-5-4-6-16(17)18-13-14-8-10-15(19-2)11-9-14/h1,4-11,13H,12H2,2H3. The summed E-state index contributed by atoms with van der Waals surface area (Å²) in [5.74, 6) is 3.94. The van der Waals surface area contributed by atoms with Crippen LogP contribution in [0, 0.1) is 12.3 Å². The zero-order valence-corrected chi connectivity index (χ0v) is 11.2. The van der Waals surface area contributed by atoms with Gasteiger partial charge >= 0.3 is 0 Å². The fourth-order valence-electron chi connectivity index (χ4n) is 1.64. The molecular formula is C17H15NO2. The summed E-state index contributed by atoms with van der Waals surface area (Å²) in [5, 5.41) is 0. The highest BCUT2D eigenvalue weighted by Crippen LogP contribution is 2.26. The van der Waals surface area contributed by atoms with E-state index in [1.165, 1.54) is 0 Å². The summed E-state index contributed by atoms with van der Waals surface area (Å²) in [6.45, 7) is 0.231. The van der Waals surface area contributed by atoms with Crippen molar-refractivity contribution in [2.24, 2.45) is 4.99 Å². The molecule has 2 aromatic rings. The van der Waals surface area contributed by atoms with Gasteiger partial charge in [0.2, 0.25) is 0 Å². The van der Waals surface area contributed by atoms with E-state index in [4.69, 9.17) is 15.9 Å². The number of hydrogen-bond donors (Lipinski definition) is 0. The van der Waals surface area contributed by atoms with E-state index in [9.17, 15) is 0 Å². The fourth-order valence-corrected chi connectivity index (χ4v) is 1.64. The van der Waals surface area contributed by atoms with Crippen LogP contribution in [0.2, 0.25) is 0 Å². The van der Waals surface area contributed by atoms with Crippen molar-refractivity contribution in [3.05, 3.63) is 54.1 Å². The van der Waals surface area contributed by atoms with Gasteiger partial charge in [0.15, 0.2) is 0 Å². The van der Waals surface area contributed by atoms with E-state index in [2.05, 4.69) is 10.9 Å². The highest BCUT2D eigenvalue weighted by Gasteiger charge is 1.99. The van der Waals surface area contributed by atoms with Crippen LogP contribution in [0.1, 0.15) is 5.56 Å². The second-order valence-corrected chi connectivity index (χ2v) is 3.99. The molecule has 0 aliphatic rings. The Kier molecular flexibility index (Phi) is 4.80. The lowest BCUT2D eigenvalue weighted by atomic mass is 10.2. The molecule has 0 saturated heterocycles. The summed E-state index contributed by atoms with van der Waals surface area (Å²) in [5.41, 5.74) is 1.73. The van der Waals surface area contributed by atoms with E-state index < -0.39 is 0 Å². The van der Waals surface area contributed by atoms with Gasteiger partial charge in [0.05, 0.1) is 7.11 Å². The van der Waals surface area contributed by atoms with E-state index in [0.717, 1.165) is 17.0 Å². The van der Waals surface area contributed by atoms with Crippen LogP contribution in [0.4, 0.5) is 5.69 Å². The number of hydrogen-bond acceptors (Lipinski definition) is 3. The van der Waals surface area contributed by atoms with Gasteiger partial charge in [-0.05, 0) is 42.0 Å². The van der Waals surface area contributed by atoms with E-state index in [1.54, 1.807) is 13.3 Å². The molecule has 0 atom stereocenters. The van der Waals surface area contributed by atoms with E-state index in [1.807, 2.05) is 48.5 Å². The molecule has 0 spiro atoms. The van der Waals surface area contributed by atoms with Crippen molar-refractivity contribution in [1.29, 1.82) is 0 Å². The lowest BCUT2D eigenvalue weighted by Crippen LogP contribution is -1.93. The Morgan fingerprint density at radius 2 is 1.90 bits per heavy atom. The number of ether oxygens (including phenoxy) is 2. The van der Waals surface area contributed by atoms with Gasteiger partial charge in [0.1, 0.15) is 23.8 Å². The van der Waals surface area contributed by atoms with Crippen LogP contribution in [0.5, 0.6) is 11.5 Å². The predicted octanol–water partition coefficient (Wildman–Crippen LogP) is 3.46. The number of terminal acetylenes is 1. The molecule has 0 N–H and O–H groups in total. The van der Waals surface area contributed by atoms with Crippen LogP contribution in [-0.4, -0.2) is 19.9 Å². The maximum atomic E-state index is 5.44. The zero-order valence-electron chi connectivity index (χ0n) is 11.2. The lowest BCUT2D eigenvalue weighted by molar-refractivity contribution is 0.372. The van der Waals surface area contributed by atoms with Crippen LogP contribution in [0.3, 0.4) is 0 Å². The Labute approximate surface area is 118 Å². The molecule has 3 heteroatoms. The van der Waals surface area contributed by atoms with Crippen molar-refractivity contribution >= 4 is 11.9 Å². The van der Waals surface area contributed by atoms with Crippen molar-refractivity contribution in [3.63, 3.8) is 0 Å². The van der Waals surface area contributed by atoms with Gasteiger partial charge in [-0.1, -0.05) is 18.1 Å². The molecule has 100 valence electrons. The largest absolute Gasteiger partial charge is 0.497 e. The summed E-state index contributed by atoms with van der Waals surface area (Å²) in [6.07, 6.45) is 6.97. The van der Waals surface area contributed by atoms with Crippen molar-refractivity contribution in [3.8, 4) is 23.8 Å². The molecule has 0 bridgehead atoms.